The minimum Gasteiger partial charge on any atom is -0.497 e. The first-order valence-electron chi connectivity index (χ1n) is 12.7. The number of fused-ring (bicyclic) bond motifs is 1. The number of likely N-dealkylation sites (tertiary alicyclic amines) is 1. The van der Waals surface area contributed by atoms with E-state index >= 15 is 0 Å². The van der Waals surface area contributed by atoms with Crippen molar-refractivity contribution < 1.29 is 23.5 Å². The lowest BCUT2D eigenvalue weighted by Crippen LogP contribution is -2.48. The predicted octanol–water partition coefficient (Wildman–Crippen LogP) is 6.27. The van der Waals surface area contributed by atoms with Crippen LogP contribution in [0.5, 0.6) is 5.75 Å². The van der Waals surface area contributed by atoms with Crippen molar-refractivity contribution in [2.75, 3.05) is 32.5 Å². The fourth-order valence-electron chi connectivity index (χ4n) is 5.18. The number of methoxy groups -OCH3 is 1. The van der Waals surface area contributed by atoms with Crippen LogP contribution in [0.25, 0.3) is 10.9 Å². The molecule has 4 rings (SSSR count). The maximum atomic E-state index is 13.8. The van der Waals surface area contributed by atoms with E-state index in [9.17, 15) is 18.8 Å². The summed E-state index contributed by atoms with van der Waals surface area (Å²) in [5.41, 5.74) is 3.03. The maximum Gasteiger partial charge on any atom is 0.249 e. The summed E-state index contributed by atoms with van der Waals surface area (Å²) >= 11 is 7.69. The van der Waals surface area contributed by atoms with Gasteiger partial charge in [0.2, 0.25) is 5.91 Å². The minimum absolute atomic E-state index is 0.0605. The molecule has 1 aromatic heterocycles. The van der Waals surface area contributed by atoms with Crippen molar-refractivity contribution in [1.82, 2.24) is 15.4 Å². The Bertz CT molecular complexity index is 1250. The Morgan fingerprint density at radius 1 is 1.21 bits per heavy atom. The molecular weight excluding hydrogens is 532 g/mol. The number of ether oxygens (including phenoxy) is 1. The number of benzene rings is 2. The van der Waals surface area contributed by atoms with Gasteiger partial charge in [0.05, 0.1) is 28.0 Å². The molecule has 0 saturated carbocycles. The number of nitrogens with one attached hydrogen (secondary N) is 1. The predicted molar refractivity (Wildman–Crippen MR) is 146 cm³/mol. The Morgan fingerprint density at radius 3 is 2.63 bits per heavy atom. The van der Waals surface area contributed by atoms with Crippen LogP contribution in [-0.4, -0.2) is 53.5 Å². The number of nitrogens with zero attached hydrogens (tertiary/aromatic N) is 2. The highest BCUT2D eigenvalue weighted by Gasteiger charge is 2.40. The van der Waals surface area contributed by atoms with Gasteiger partial charge in [0.1, 0.15) is 17.4 Å². The number of aryl methyl sites for hydroxylation is 1. The van der Waals surface area contributed by atoms with Crippen molar-refractivity contribution in [3.05, 3.63) is 64.8 Å². The highest BCUT2D eigenvalue weighted by molar-refractivity contribution is 7.99. The van der Waals surface area contributed by atoms with Crippen molar-refractivity contribution in [2.24, 2.45) is 5.41 Å². The van der Waals surface area contributed by atoms with Crippen LogP contribution in [0, 0.1) is 17.0 Å². The molecule has 2 aromatic carbocycles. The number of piperidine rings is 1. The number of rotatable bonds is 11. The number of hydroxylamine groups is 1. The van der Waals surface area contributed by atoms with E-state index in [1.165, 1.54) is 30.0 Å². The normalized spacial score (nSPS) is 15.5. The average molecular weight is 564 g/mol. The highest BCUT2D eigenvalue weighted by Crippen LogP contribution is 2.38. The first-order valence-corrected chi connectivity index (χ1v) is 14.1. The molecule has 0 atom stereocenters. The first-order chi connectivity index (χ1) is 18.4. The molecule has 0 radical (unpaired) electrons. The second kappa shape index (κ2) is 13.1. The lowest BCUT2D eigenvalue weighted by Gasteiger charge is -2.40. The van der Waals surface area contributed by atoms with Crippen molar-refractivity contribution in [3.63, 3.8) is 0 Å². The monoisotopic (exact) mass is 563 g/mol. The van der Waals surface area contributed by atoms with Gasteiger partial charge in [0.15, 0.2) is 0 Å². The van der Waals surface area contributed by atoms with Gasteiger partial charge in [0.25, 0.3) is 0 Å². The Labute approximate surface area is 230 Å². The molecule has 1 saturated heterocycles. The van der Waals surface area contributed by atoms with Gasteiger partial charge in [-0.15, -0.1) is 11.8 Å². The zero-order valence-electron chi connectivity index (χ0n) is 21.3. The second-order valence-corrected chi connectivity index (χ2v) is 11.1. The second-order valence-electron chi connectivity index (χ2n) is 9.64. The van der Waals surface area contributed by atoms with E-state index in [2.05, 4.69) is 9.88 Å². The molecular formula is C28H32ClF2N3O3S. The minimum atomic E-state index is -0.663. The Balaban J connectivity index is 1.32. The summed E-state index contributed by atoms with van der Waals surface area (Å²) < 4.78 is 33.0. The third-order valence-electron chi connectivity index (χ3n) is 7.40. The summed E-state index contributed by atoms with van der Waals surface area (Å²) in [6.07, 6.45) is 5.65. The summed E-state index contributed by atoms with van der Waals surface area (Å²) in [6.45, 7) is 2.20. The summed E-state index contributed by atoms with van der Waals surface area (Å²) in [7, 11) is 1.62. The van der Waals surface area contributed by atoms with Crippen LogP contribution in [0.4, 0.5) is 8.78 Å². The lowest BCUT2D eigenvalue weighted by molar-refractivity contribution is -0.143. The van der Waals surface area contributed by atoms with Crippen LogP contribution in [-0.2, 0) is 11.2 Å². The van der Waals surface area contributed by atoms with E-state index in [1.807, 2.05) is 23.7 Å². The van der Waals surface area contributed by atoms with E-state index in [0.717, 1.165) is 35.2 Å². The zero-order chi connectivity index (χ0) is 27.1. The zero-order valence-corrected chi connectivity index (χ0v) is 22.9. The molecule has 3 aromatic rings. The lowest BCUT2D eigenvalue weighted by atomic mass is 9.73. The van der Waals surface area contributed by atoms with E-state index < -0.39 is 17.0 Å². The van der Waals surface area contributed by atoms with Gasteiger partial charge in [-0.1, -0.05) is 17.7 Å². The van der Waals surface area contributed by atoms with Crippen LogP contribution in [0.3, 0.4) is 0 Å². The number of aromatic nitrogens is 1. The molecule has 1 aliphatic rings. The van der Waals surface area contributed by atoms with Crippen LogP contribution < -0.4 is 10.2 Å². The molecule has 2 heterocycles. The molecule has 1 aliphatic heterocycles. The first kappa shape index (κ1) is 28.5. The van der Waals surface area contributed by atoms with E-state index in [0.29, 0.717) is 56.0 Å². The largest absolute Gasteiger partial charge is 0.497 e. The van der Waals surface area contributed by atoms with Crippen molar-refractivity contribution >= 4 is 40.2 Å². The molecule has 204 valence electrons. The molecule has 0 bridgehead atoms. The molecule has 10 heteroatoms. The Morgan fingerprint density at radius 2 is 1.95 bits per heavy atom. The Hall–Kier alpha value is -2.46. The number of halogens is 3. The topological polar surface area (TPSA) is 74.7 Å². The van der Waals surface area contributed by atoms with Gasteiger partial charge in [-0.3, -0.25) is 15.0 Å². The fourth-order valence-corrected chi connectivity index (χ4v) is 6.32. The third kappa shape index (κ3) is 6.57. The number of hydrogen-bond acceptors (Lipinski definition) is 6. The molecule has 1 amide bonds. The van der Waals surface area contributed by atoms with Gasteiger partial charge in [-0.2, -0.15) is 0 Å². The molecule has 6 nitrogen and oxygen atoms in total. The standard InChI is InChI=1S/C28H32ClF2N3O3S/c1-37-19-8-9-25-21(17-19)20(22(29)18-32-25)5-3-10-28(27(35)33-36)11-14-34(15-12-28)13-4-16-38-26-23(30)6-2-7-24(26)31/h2,6-9,17-18,36H,3-5,10-16H2,1H3,(H,33,35). The van der Waals surface area contributed by atoms with Crippen molar-refractivity contribution in [3.8, 4) is 5.75 Å². The third-order valence-corrected chi connectivity index (χ3v) is 8.89. The van der Waals surface area contributed by atoms with Crippen LogP contribution in [0.2, 0.25) is 5.02 Å². The van der Waals surface area contributed by atoms with Crippen LogP contribution >= 0.6 is 23.4 Å². The molecule has 2 N–H and O–H groups in total. The number of pyridine rings is 1. The quantitative estimate of drug-likeness (QED) is 0.124. The fraction of sp³-hybridized carbons (Fsp3) is 0.429. The van der Waals surface area contributed by atoms with E-state index in [4.69, 9.17) is 16.3 Å². The smallest absolute Gasteiger partial charge is 0.249 e. The van der Waals surface area contributed by atoms with Gasteiger partial charge < -0.3 is 9.64 Å². The molecule has 38 heavy (non-hydrogen) atoms. The van der Waals surface area contributed by atoms with Crippen molar-refractivity contribution in [1.29, 1.82) is 0 Å². The summed E-state index contributed by atoms with van der Waals surface area (Å²) in [5.74, 6) is -0.0954. The number of carbonyl (C=O) groups excluding carboxylic acids is 1. The number of hydrogen-bond donors (Lipinski definition) is 2. The summed E-state index contributed by atoms with van der Waals surface area (Å²) in [6, 6.07) is 9.58. The highest BCUT2D eigenvalue weighted by atomic mass is 35.5. The van der Waals surface area contributed by atoms with Gasteiger partial charge in [0, 0.05) is 11.6 Å². The Kier molecular flexibility index (Phi) is 9.81. The van der Waals surface area contributed by atoms with Gasteiger partial charge in [-0.05, 0) is 99.8 Å². The average Bonchev–Trinajstić information content (AvgIpc) is 2.93. The number of thioether (sulfide) groups is 1. The number of amides is 1. The molecule has 0 unspecified atom stereocenters. The number of carbonyl (C=O) groups is 1. The van der Waals surface area contributed by atoms with Crippen molar-refractivity contribution in [2.45, 2.75) is 43.4 Å². The van der Waals surface area contributed by atoms with E-state index in [1.54, 1.807) is 13.3 Å². The van der Waals surface area contributed by atoms with Gasteiger partial charge >= 0.3 is 0 Å². The van der Waals surface area contributed by atoms with Crippen LogP contribution in [0.1, 0.15) is 37.7 Å². The van der Waals surface area contributed by atoms with Gasteiger partial charge in [-0.25, -0.2) is 14.3 Å². The maximum absolute atomic E-state index is 13.8. The van der Waals surface area contributed by atoms with E-state index in [-0.39, 0.29) is 10.8 Å². The molecule has 0 aliphatic carbocycles. The summed E-state index contributed by atoms with van der Waals surface area (Å²) in [4.78, 5) is 19.5. The molecule has 1 fully saturated rings. The molecule has 0 spiro atoms. The summed E-state index contributed by atoms with van der Waals surface area (Å²) in [5, 5.41) is 11.0. The SMILES string of the molecule is COc1ccc2ncc(Cl)c(CCCC3(C(=O)NO)CCN(CCCSc4c(F)cccc4F)CC3)c2c1. The van der Waals surface area contributed by atoms with Crippen LogP contribution in [0.15, 0.2) is 47.5 Å².